The average Bonchev–Trinajstić information content (AvgIpc) is 2.26. The summed E-state index contributed by atoms with van der Waals surface area (Å²) < 4.78 is 37.1. The second kappa shape index (κ2) is 5.61. The fourth-order valence-corrected chi connectivity index (χ4v) is 2.27. The third-order valence-corrected chi connectivity index (χ3v) is 3.38. The summed E-state index contributed by atoms with van der Waals surface area (Å²) in [4.78, 5) is 25.4. The Bertz CT molecular complexity index is 388. The highest BCUT2D eigenvalue weighted by Gasteiger charge is 2.45. The van der Waals surface area contributed by atoms with Gasteiger partial charge >= 0.3 is 6.18 Å². The van der Waals surface area contributed by atoms with E-state index in [4.69, 9.17) is 0 Å². The minimum absolute atomic E-state index is 0.298. The van der Waals surface area contributed by atoms with Crippen LogP contribution < -0.4 is 5.32 Å². The lowest BCUT2D eigenvalue weighted by Gasteiger charge is -2.43. The first kappa shape index (κ1) is 16.8. The van der Waals surface area contributed by atoms with Crippen molar-refractivity contribution in [3.63, 3.8) is 0 Å². The molecule has 0 aromatic carbocycles. The molecule has 1 rings (SSSR count). The highest BCUT2D eigenvalue weighted by atomic mass is 19.4. The van der Waals surface area contributed by atoms with Crippen LogP contribution in [0.5, 0.6) is 0 Å². The van der Waals surface area contributed by atoms with Crippen LogP contribution in [0.4, 0.5) is 13.2 Å². The Morgan fingerprint density at radius 3 is 2.15 bits per heavy atom. The zero-order valence-electron chi connectivity index (χ0n) is 12.2. The number of hydrogen-bond acceptors (Lipinski definition) is 2. The number of amides is 2. The molecule has 2 atom stereocenters. The molecule has 1 aliphatic rings. The fraction of sp³-hybridized carbons (Fsp3) is 0.846. The third-order valence-electron chi connectivity index (χ3n) is 3.38. The van der Waals surface area contributed by atoms with Gasteiger partial charge in [0, 0.05) is 6.54 Å². The summed E-state index contributed by atoms with van der Waals surface area (Å²) in [6, 6.07) is -1.60. The van der Waals surface area contributed by atoms with Crippen LogP contribution in [0.2, 0.25) is 0 Å². The number of rotatable bonds is 3. The molecule has 0 aliphatic carbocycles. The van der Waals surface area contributed by atoms with Crippen molar-refractivity contribution in [2.24, 2.45) is 5.41 Å². The molecule has 0 bridgehead atoms. The molecular weight excluding hydrogens is 273 g/mol. The summed E-state index contributed by atoms with van der Waals surface area (Å²) >= 11 is 0. The van der Waals surface area contributed by atoms with Gasteiger partial charge in [0.25, 0.3) is 0 Å². The van der Waals surface area contributed by atoms with E-state index < -0.39 is 42.5 Å². The van der Waals surface area contributed by atoms with Crippen molar-refractivity contribution < 1.29 is 22.8 Å². The molecule has 0 aromatic rings. The van der Waals surface area contributed by atoms with E-state index in [2.05, 4.69) is 5.32 Å². The van der Waals surface area contributed by atoms with Gasteiger partial charge in [-0.25, -0.2) is 0 Å². The van der Waals surface area contributed by atoms with Gasteiger partial charge in [0.2, 0.25) is 11.8 Å². The van der Waals surface area contributed by atoms with Gasteiger partial charge in [-0.15, -0.1) is 0 Å². The zero-order valence-corrected chi connectivity index (χ0v) is 12.2. The van der Waals surface area contributed by atoms with Crippen LogP contribution in [-0.4, -0.2) is 41.5 Å². The van der Waals surface area contributed by atoms with Gasteiger partial charge in [-0.05, 0) is 11.8 Å². The number of hydrogen-bond donors (Lipinski definition) is 1. The van der Waals surface area contributed by atoms with Crippen molar-refractivity contribution >= 4 is 11.8 Å². The van der Waals surface area contributed by atoms with Crippen molar-refractivity contribution in [1.29, 1.82) is 0 Å². The lowest BCUT2D eigenvalue weighted by Crippen LogP contribution is -2.66. The summed E-state index contributed by atoms with van der Waals surface area (Å²) in [5.41, 5.74) is -0.540. The molecule has 1 heterocycles. The minimum Gasteiger partial charge on any atom is -0.342 e. The maximum atomic E-state index is 12.4. The highest BCUT2D eigenvalue weighted by Crippen LogP contribution is 2.28. The quantitative estimate of drug-likeness (QED) is 0.866. The molecule has 20 heavy (non-hydrogen) atoms. The Morgan fingerprint density at radius 1 is 1.20 bits per heavy atom. The van der Waals surface area contributed by atoms with Crippen molar-refractivity contribution in [3.05, 3.63) is 0 Å². The zero-order chi connectivity index (χ0) is 15.7. The van der Waals surface area contributed by atoms with E-state index in [0.29, 0.717) is 6.42 Å². The molecule has 0 spiro atoms. The normalized spacial score (nSPS) is 24.9. The predicted molar refractivity (Wildman–Crippen MR) is 67.8 cm³/mol. The summed E-state index contributed by atoms with van der Waals surface area (Å²) in [6.07, 6.45) is -5.14. The van der Waals surface area contributed by atoms with E-state index in [1.165, 1.54) is 0 Å². The van der Waals surface area contributed by atoms with Crippen molar-refractivity contribution in [3.8, 4) is 0 Å². The molecule has 0 aromatic heterocycles. The number of carbonyl (C=O) groups is 2. The molecule has 2 amide bonds. The van der Waals surface area contributed by atoms with Gasteiger partial charge in [-0.1, -0.05) is 27.7 Å². The average molecular weight is 294 g/mol. The van der Waals surface area contributed by atoms with Gasteiger partial charge < -0.3 is 10.2 Å². The molecular formula is C13H21F3N2O2. The molecule has 116 valence electrons. The molecule has 1 saturated heterocycles. The van der Waals surface area contributed by atoms with E-state index in [1.54, 1.807) is 27.7 Å². The Hall–Kier alpha value is -1.27. The van der Waals surface area contributed by atoms with Crippen LogP contribution in [0.1, 0.15) is 40.5 Å². The number of alkyl halides is 3. The Balaban J connectivity index is 2.95. The number of carbonyl (C=O) groups excluding carboxylic acids is 2. The monoisotopic (exact) mass is 294 g/mol. The van der Waals surface area contributed by atoms with Crippen molar-refractivity contribution in [2.75, 3.05) is 6.54 Å². The van der Waals surface area contributed by atoms with E-state index in [0.717, 1.165) is 4.90 Å². The fourth-order valence-electron chi connectivity index (χ4n) is 2.27. The van der Waals surface area contributed by atoms with Crippen LogP contribution in [-0.2, 0) is 9.59 Å². The molecule has 1 aliphatic heterocycles. The lowest BCUT2D eigenvalue weighted by molar-refractivity contribution is -0.160. The largest absolute Gasteiger partial charge is 0.390 e. The molecule has 0 saturated carbocycles. The molecule has 4 nitrogen and oxygen atoms in total. The van der Waals surface area contributed by atoms with Crippen LogP contribution in [0, 0.1) is 5.41 Å². The number of nitrogens with one attached hydrogen (secondary N) is 1. The Morgan fingerprint density at radius 2 is 1.75 bits per heavy atom. The molecule has 1 N–H and O–H groups in total. The first-order valence-corrected chi connectivity index (χ1v) is 6.65. The molecule has 2 unspecified atom stereocenters. The van der Waals surface area contributed by atoms with Gasteiger partial charge in [-0.3, -0.25) is 9.59 Å². The number of nitrogens with zero attached hydrogens (tertiary/aromatic N) is 1. The van der Waals surface area contributed by atoms with E-state index >= 15 is 0 Å². The maximum Gasteiger partial charge on any atom is 0.390 e. The van der Waals surface area contributed by atoms with Gasteiger partial charge in [0.05, 0.1) is 6.42 Å². The standard InChI is InChI=1S/C13H21F3N2O2/c1-5-8-10(19)17-9(12(2,3)4)11(20)18(8)7-6-13(14,15)16/h8-9H,5-7H2,1-4H3,(H,17,19). The van der Waals surface area contributed by atoms with E-state index in [1.807, 2.05) is 0 Å². The van der Waals surface area contributed by atoms with Crippen molar-refractivity contribution in [2.45, 2.75) is 58.8 Å². The second-order valence-corrected chi connectivity index (χ2v) is 6.13. The third kappa shape index (κ3) is 3.86. The summed E-state index contributed by atoms with van der Waals surface area (Å²) in [5.74, 6) is -0.817. The van der Waals surface area contributed by atoms with E-state index in [9.17, 15) is 22.8 Å². The smallest absolute Gasteiger partial charge is 0.342 e. The molecule has 0 radical (unpaired) electrons. The first-order valence-electron chi connectivity index (χ1n) is 6.65. The summed E-state index contributed by atoms with van der Waals surface area (Å²) in [7, 11) is 0. The molecule has 7 heteroatoms. The van der Waals surface area contributed by atoms with Crippen LogP contribution in [0.3, 0.4) is 0 Å². The van der Waals surface area contributed by atoms with E-state index in [-0.39, 0.29) is 5.91 Å². The van der Waals surface area contributed by atoms with Crippen LogP contribution in [0.15, 0.2) is 0 Å². The number of halogens is 3. The molecule has 1 fully saturated rings. The van der Waals surface area contributed by atoms with Gasteiger partial charge in [0.15, 0.2) is 0 Å². The topological polar surface area (TPSA) is 49.4 Å². The van der Waals surface area contributed by atoms with Crippen LogP contribution >= 0.6 is 0 Å². The first-order chi connectivity index (χ1) is 8.97. The summed E-state index contributed by atoms with van der Waals surface area (Å²) in [6.45, 7) is 6.51. The van der Waals surface area contributed by atoms with Gasteiger partial charge in [0.1, 0.15) is 12.1 Å². The van der Waals surface area contributed by atoms with Gasteiger partial charge in [-0.2, -0.15) is 13.2 Å². The predicted octanol–water partition coefficient (Wildman–Crippen LogP) is 2.09. The Labute approximate surface area is 116 Å². The maximum absolute atomic E-state index is 12.4. The second-order valence-electron chi connectivity index (χ2n) is 6.13. The highest BCUT2D eigenvalue weighted by molar-refractivity contribution is 5.97. The minimum atomic E-state index is -4.34. The van der Waals surface area contributed by atoms with Crippen LogP contribution in [0.25, 0.3) is 0 Å². The Kier molecular flexibility index (Phi) is 4.71. The lowest BCUT2D eigenvalue weighted by atomic mass is 9.83. The number of piperazine rings is 1. The SMILES string of the molecule is CCC1C(=O)NC(C(C)(C)C)C(=O)N1CCC(F)(F)F. The summed E-state index contributed by atoms with van der Waals surface area (Å²) in [5, 5.41) is 2.62. The van der Waals surface area contributed by atoms with Crippen molar-refractivity contribution in [1.82, 2.24) is 10.2 Å².